The average Bonchev–Trinajstić information content (AvgIpc) is 3.06. The highest BCUT2D eigenvalue weighted by atomic mass is 15.2. The van der Waals surface area contributed by atoms with E-state index in [0.717, 1.165) is 5.92 Å². The van der Waals surface area contributed by atoms with Crippen LogP contribution in [0.25, 0.3) is 0 Å². The Balaban J connectivity index is 1.85. The number of nitrogens with two attached hydrogens (primary N) is 1. The van der Waals surface area contributed by atoms with Gasteiger partial charge in [-0.3, -0.25) is 0 Å². The zero-order valence-corrected chi connectivity index (χ0v) is 10.8. The van der Waals surface area contributed by atoms with E-state index < -0.39 is 0 Å². The van der Waals surface area contributed by atoms with Crippen molar-refractivity contribution in [3.8, 4) is 0 Å². The molecule has 1 aromatic carbocycles. The van der Waals surface area contributed by atoms with Gasteiger partial charge in [-0.1, -0.05) is 24.3 Å². The number of likely N-dealkylation sites (tertiary alicyclic amines) is 1. The first-order valence-electron chi connectivity index (χ1n) is 6.66. The van der Waals surface area contributed by atoms with Crippen LogP contribution < -0.4 is 5.73 Å². The Labute approximate surface area is 104 Å². The molecule has 0 spiro atoms. The zero-order chi connectivity index (χ0) is 12.0. The first-order chi connectivity index (χ1) is 8.12. The van der Waals surface area contributed by atoms with Crippen LogP contribution in [0.4, 0.5) is 0 Å². The van der Waals surface area contributed by atoms with Crippen molar-refractivity contribution < 1.29 is 0 Å². The summed E-state index contributed by atoms with van der Waals surface area (Å²) in [7, 11) is 2.19. The van der Waals surface area contributed by atoms with Crippen LogP contribution in [-0.2, 0) is 5.41 Å². The molecule has 17 heavy (non-hydrogen) atoms. The molecule has 2 fully saturated rings. The van der Waals surface area contributed by atoms with Gasteiger partial charge in [-0.15, -0.1) is 0 Å². The van der Waals surface area contributed by atoms with Crippen molar-refractivity contribution in [1.82, 2.24) is 4.90 Å². The first kappa shape index (κ1) is 11.2. The fraction of sp³-hybridized carbons (Fsp3) is 0.600. The Hall–Kier alpha value is -0.860. The van der Waals surface area contributed by atoms with Gasteiger partial charge in [-0.05, 0) is 37.9 Å². The molecule has 1 unspecified atom stereocenters. The molecule has 2 aliphatic rings. The van der Waals surface area contributed by atoms with Gasteiger partial charge >= 0.3 is 0 Å². The van der Waals surface area contributed by atoms with Gasteiger partial charge in [0.2, 0.25) is 0 Å². The summed E-state index contributed by atoms with van der Waals surface area (Å²) in [6.07, 6.45) is 2.53. The van der Waals surface area contributed by atoms with E-state index in [-0.39, 0.29) is 6.04 Å². The lowest BCUT2D eigenvalue weighted by molar-refractivity contribution is 0.189. The van der Waals surface area contributed by atoms with Crippen molar-refractivity contribution in [3.63, 3.8) is 0 Å². The van der Waals surface area contributed by atoms with Crippen LogP contribution in [0.3, 0.4) is 0 Å². The topological polar surface area (TPSA) is 29.3 Å². The summed E-state index contributed by atoms with van der Waals surface area (Å²) in [4.78, 5) is 2.37. The fourth-order valence-electron chi connectivity index (χ4n) is 3.15. The SMILES string of the molecule is CC(N)C1(c2cccc(C3CN(C)C3)c2)CC1. The van der Waals surface area contributed by atoms with Gasteiger partial charge in [0.1, 0.15) is 0 Å². The van der Waals surface area contributed by atoms with Crippen molar-refractivity contribution in [2.24, 2.45) is 5.73 Å². The number of rotatable bonds is 3. The van der Waals surface area contributed by atoms with Crippen LogP contribution >= 0.6 is 0 Å². The molecule has 1 heterocycles. The van der Waals surface area contributed by atoms with Gasteiger partial charge < -0.3 is 10.6 Å². The third kappa shape index (κ3) is 1.80. The molecule has 1 aliphatic heterocycles. The van der Waals surface area contributed by atoms with Crippen molar-refractivity contribution in [3.05, 3.63) is 35.4 Å². The maximum absolute atomic E-state index is 6.15. The highest BCUT2D eigenvalue weighted by Crippen LogP contribution is 2.50. The monoisotopic (exact) mass is 230 g/mol. The molecule has 0 aromatic heterocycles. The third-order valence-corrected chi connectivity index (χ3v) is 4.66. The fourth-order valence-corrected chi connectivity index (χ4v) is 3.15. The van der Waals surface area contributed by atoms with E-state index >= 15 is 0 Å². The lowest BCUT2D eigenvalue weighted by Gasteiger charge is -2.37. The molecular formula is C15H22N2. The largest absolute Gasteiger partial charge is 0.327 e. The summed E-state index contributed by atoms with van der Waals surface area (Å²) in [5, 5.41) is 0. The van der Waals surface area contributed by atoms with E-state index in [0.29, 0.717) is 5.41 Å². The second kappa shape index (κ2) is 3.82. The number of hydrogen-bond donors (Lipinski definition) is 1. The lowest BCUT2D eigenvalue weighted by Crippen LogP contribution is -2.41. The maximum atomic E-state index is 6.15. The van der Waals surface area contributed by atoms with Crippen LogP contribution in [0.2, 0.25) is 0 Å². The van der Waals surface area contributed by atoms with E-state index in [9.17, 15) is 0 Å². The number of nitrogens with zero attached hydrogens (tertiary/aromatic N) is 1. The summed E-state index contributed by atoms with van der Waals surface area (Å²) in [6.45, 7) is 4.56. The smallest absolute Gasteiger partial charge is 0.0108 e. The van der Waals surface area contributed by atoms with Gasteiger partial charge in [0.05, 0.1) is 0 Å². The maximum Gasteiger partial charge on any atom is 0.0108 e. The van der Waals surface area contributed by atoms with Gasteiger partial charge in [0, 0.05) is 30.5 Å². The zero-order valence-electron chi connectivity index (χ0n) is 10.8. The van der Waals surface area contributed by atoms with Gasteiger partial charge in [0.15, 0.2) is 0 Å². The summed E-state index contributed by atoms with van der Waals surface area (Å²) < 4.78 is 0. The minimum absolute atomic E-state index is 0.279. The molecular weight excluding hydrogens is 208 g/mol. The van der Waals surface area contributed by atoms with E-state index in [4.69, 9.17) is 5.73 Å². The Morgan fingerprint density at radius 3 is 2.59 bits per heavy atom. The molecule has 3 rings (SSSR count). The Morgan fingerprint density at radius 1 is 1.35 bits per heavy atom. The molecule has 1 saturated heterocycles. The van der Waals surface area contributed by atoms with Crippen LogP contribution in [0.1, 0.15) is 36.8 Å². The van der Waals surface area contributed by atoms with Crippen LogP contribution in [0, 0.1) is 0 Å². The highest BCUT2D eigenvalue weighted by Gasteiger charge is 2.47. The van der Waals surface area contributed by atoms with E-state index in [1.54, 1.807) is 0 Å². The minimum atomic E-state index is 0.279. The molecule has 2 N–H and O–H groups in total. The molecule has 2 heteroatoms. The summed E-state index contributed by atoms with van der Waals surface area (Å²) in [5.41, 5.74) is 9.43. The highest BCUT2D eigenvalue weighted by molar-refractivity contribution is 5.38. The Bertz CT molecular complexity index is 415. The normalized spacial score (nSPS) is 25.4. The number of likely N-dealkylation sites (N-methyl/N-ethyl adjacent to an activating group) is 1. The van der Waals surface area contributed by atoms with Gasteiger partial charge in [-0.2, -0.15) is 0 Å². The minimum Gasteiger partial charge on any atom is -0.327 e. The predicted molar refractivity (Wildman–Crippen MR) is 71.2 cm³/mol. The predicted octanol–water partition coefficient (Wildman–Crippen LogP) is 2.09. The summed E-state index contributed by atoms with van der Waals surface area (Å²) in [5.74, 6) is 0.740. The number of hydrogen-bond acceptors (Lipinski definition) is 2. The second-order valence-electron chi connectivity index (χ2n) is 5.99. The molecule has 0 amide bonds. The molecule has 92 valence electrons. The lowest BCUT2D eigenvalue weighted by atomic mass is 9.85. The Morgan fingerprint density at radius 2 is 2.06 bits per heavy atom. The second-order valence-corrected chi connectivity index (χ2v) is 5.99. The van der Waals surface area contributed by atoms with Gasteiger partial charge in [0.25, 0.3) is 0 Å². The molecule has 1 aliphatic carbocycles. The van der Waals surface area contributed by atoms with E-state index in [1.165, 1.54) is 37.1 Å². The van der Waals surface area contributed by atoms with Crippen molar-refractivity contribution in [2.75, 3.05) is 20.1 Å². The molecule has 2 nitrogen and oxygen atoms in total. The van der Waals surface area contributed by atoms with Gasteiger partial charge in [-0.25, -0.2) is 0 Å². The molecule has 1 atom stereocenters. The molecule has 1 aromatic rings. The molecule has 0 radical (unpaired) electrons. The van der Waals surface area contributed by atoms with Crippen LogP contribution in [0.5, 0.6) is 0 Å². The number of benzene rings is 1. The molecule has 0 bridgehead atoms. The van der Waals surface area contributed by atoms with Crippen molar-refractivity contribution in [2.45, 2.75) is 37.1 Å². The third-order valence-electron chi connectivity index (χ3n) is 4.66. The average molecular weight is 230 g/mol. The van der Waals surface area contributed by atoms with E-state index in [2.05, 4.69) is 43.1 Å². The van der Waals surface area contributed by atoms with E-state index in [1.807, 2.05) is 0 Å². The van der Waals surface area contributed by atoms with Crippen molar-refractivity contribution >= 4 is 0 Å². The quantitative estimate of drug-likeness (QED) is 0.861. The van der Waals surface area contributed by atoms with Crippen LogP contribution in [0.15, 0.2) is 24.3 Å². The Kier molecular flexibility index (Phi) is 2.53. The standard InChI is InChI=1S/C15H22N2/c1-11(16)15(6-7-15)14-5-3-4-12(8-14)13-9-17(2)10-13/h3-5,8,11,13H,6-7,9-10,16H2,1-2H3. The molecule has 1 saturated carbocycles. The van der Waals surface area contributed by atoms with Crippen LogP contribution in [-0.4, -0.2) is 31.1 Å². The first-order valence-corrected chi connectivity index (χ1v) is 6.66. The summed E-state index contributed by atoms with van der Waals surface area (Å²) >= 11 is 0. The van der Waals surface area contributed by atoms with Crippen molar-refractivity contribution in [1.29, 1.82) is 0 Å². The summed E-state index contributed by atoms with van der Waals surface area (Å²) in [6, 6.07) is 9.45.